The van der Waals surface area contributed by atoms with Gasteiger partial charge in [-0.2, -0.15) is 0 Å². The predicted molar refractivity (Wildman–Crippen MR) is 68.8 cm³/mol. The van der Waals surface area contributed by atoms with E-state index in [0.29, 0.717) is 17.5 Å². The van der Waals surface area contributed by atoms with Gasteiger partial charge in [-0.15, -0.1) is 22.0 Å². The van der Waals surface area contributed by atoms with E-state index in [9.17, 15) is 0 Å². The van der Waals surface area contributed by atoms with Gasteiger partial charge in [-0.25, -0.2) is 0 Å². The van der Waals surface area contributed by atoms with Gasteiger partial charge in [-0.1, -0.05) is 13.0 Å². The molecule has 1 aromatic carbocycles. The molecule has 0 amide bonds. The third-order valence-corrected chi connectivity index (χ3v) is 3.52. The average molecular weight is 249 g/mol. The molecule has 90 valence electrons. The van der Waals surface area contributed by atoms with Crippen molar-refractivity contribution in [3.05, 3.63) is 35.5 Å². The van der Waals surface area contributed by atoms with Crippen LogP contribution in [0.15, 0.2) is 27.5 Å². The highest BCUT2D eigenvalue weighted by molar-refractivity contribution is 7.98. The summed E-state index contributed by atoms with van der Waals surface area (Å²) in [6.45, 7) is 4.06. The first-order chi connectivity index (χ1) is 8.19. The third-order valence-electron chi connectivity index (χ3n) is 2.37. The fraction of sp³-hybridized carbons (Fsp3) is 0.333. The number of anilines is 1. The van der Waals surface area contributed by atoms with Crippen molar-refractivity contribution in [2.75, 3.05) is 5.73 Å². The summed E-state index contributed by atoms with van der Waals surface area (Å²) in [5, 5.41) is 7.92. The number of aromatic nitrogens is 2. The molecule has 0 aliphatic rings. The van der Waals surface area contributed by atoms with Crippen LogP contribution in [0.1, 0.15) is 24.3 Å². The molecule has 1 aromatic heterocycles. The highest BCUT2D eigenvalue weighted by Gasteiger charge is 2.06. The lowest BCUT2D eigenvalue weighted by atomic mass is 10.2. The zero-order valence-corrected chi connectivity index (χ0v) is 10.8. The number of nitrogen functional groups attached to an aromatic ring is 1. The van der Waals surface area contributed by atoms with Gasteiger partial charge in [-0.05, 0) is 24.6 Å². The average Bonchev–Trinajstić information content (AvgIpc) is 2.78. The number of hydrogen-bond donors (Lipinski definition) is 1. The van der Waals surface area contributed by atoms with Crippen molar-refractivity contribution in [1.82, 2.24) is 10.2 Å². The monoisotopic (exact) mass is 249 g/mol. The van der Waals surface area contributed by atoms with Gasteiger partial charge >= 0.3 is 0 Å². The smallest absolute Gasteiger partial charge is 0.226 e. The van der Waals surface area contributed by atoms with Crippen LogP contribution < -0.4 is 5.73 Å². The van der Waals surface area contributed by atoms with Crippen molar-refractivity contribution >= 4 is 17.4 Å². The first-order valence-electron chi connectivity index (χ1n) is 5.49. The van der Waals surface area contributed by atoms with E-state index < -0.39 is 0 Å². The molecule has 0 bridgehead atoms. The quantitative estimate of drug-likeness (QED) is 0.666. The number of hydrogen-bond acceptors (Lipinski definition) is 5. The van der Waals surface area contributed by atoms with E-state index in [4.69, 9.17) is 10.2 Å². The molecule has 0 radical (unpaired) electrons. The van der Waals surface area contributed by atoms with Crippen molar-refractivity contribution in [2.45, 2.75) is 30.9 Å². The Hall–Kier alpha value is -1.49. The van der Waals surface area contributed by atoms with Crippen molar-refractivity contribution in [3.63, 3.8) is 0 Å². The molecule has 0 saturated carbocycles. The van der Waals surface area contributed by atoms with E-state index in [1.165, 1.54) is 5.56 Å². The molecular formula is C12H15N3OS. The number of thioether (sulfide) groups is 1. The Bertz CT molecular complexity index is 510. The first kappa shape index (κ1) is 12.0. The molecule has 17 heavy (non-hydrogen) atoms. The van der Waals surface area contributed by atoms with E-state index in [0.717, 1.165) is 17.0 Å². The molecule has 0 aliphatic heterocycles. The lowest BCUT2D eigenvalue weighted by molar-refractivity contribution is 0.470. The Balaban J connectivity index is 2.04. The highest BCUT2D eigenvalue weighted by atomic mass is 32.2. The van der Waals surface area contributed by atoms with Crippen LogP contribution in [0, 0.1) is 6.92 Å². The minimum absolute atomic E-state index is 0.661. The maximum absolute atomic E-state index is 5.76. The van der Waals surface area contributed by atoms with E-state index in [-0.39, 0.29) is 0 Å². The van der Waals surface area contributed by atoms with Crippen molar-refractivity contribution in [2.24, 2.45) is 0 Å². The van der Waals surface area contributed by atoms with Gasteiger partial charge in [0.25, 0.3) is 0 Å². The minimum Gasteiger partial charge on any atom is -0.424 e. The van der Waals surface area contributed by atoms with Crippen LogP contribution in [-0.4, -0.2) is 10.2 Å². The van der Waals surface area contributed by atoms with Crippen molar-refractivity contribution in [1.29, 1.82) is 0 Å². The lowest BCUT2D eigenvalue weighted by Crippen LogP contribution is -1.88. The van der Waals surface area contributed by atoms with Crippen molar-refractivity contribution in [3.8, 4) is 0 Å². The molecule has 0 saturated heterocycles. The Labute approximate surface area is 105 Å². The predicted octanol–water partition coefficient (Wildman–Crippen LogP) is 2.81. The van der Waals surface area contributed by atoms with Crippen LogP contribution >= 0.6 is 11.8 Å². The second-order valence-corrected chi connectivity index (χ2v) is 4.77. The van der Waals surface area contributed by atoms with Gasteiger partial charge in [0.15, 0.2) is 0 Å². The zero-order chi connectivity index (χ0) is 12.3. The fourth-order valence-corrected chi connectivity index (χ4v) is 2.31. The molecule has 0 unspecified atom stereocenters. The molecular weight excluding hydrogens is 234 g/mol. The summed E-state index contributed by atoms with van der Waals surface area (Å²) in [7, 11) is 0. The normalized spacial score (nSPS) is 10.7. The van der Waals surface area contributed by atoms with Gasteiger partial charge in [-0.3, -0.25) is 0 Å². The number of aryl methyl sites for hydroxylation is 2. The Kier molecular flexibility index (Phi) is 3.68. The summed E-state index contributed by atoms with van der Waals surface area (Å²) in [5.74, 6) is 2.02. The van der Waals surface area contributed by atoms with Gasteiger partial charge in [0, 0.05) is 17.0 Å². The van der Waals surface area contributed by atoms with E-state index in [1.54, 1.807) is 11.8 Å². The minimum atomic E-state index is 0.661. The maximum Gasteiger partial charge on any atom is 0.226 e. The molecule has 0 fully saturated rings. The topological polar surface area (TPSA) is 64.9 Å². The lowest BCUT2D eigenvalue weighted by Gasteiger charge is -2.04. The van der Waals surface area contributed by atoms with Gasteiger partial charge in [0.05, 0.1) is 5.75 Å². The van der Waals surface area contributed by atoms with Gasteiger partial charge < -0.3 is 10.2 Å². The Morgan fingerprint density at radius 3 is 2.76 bits per heavy atom. The second-order valence-electron chi connectivity index (χ2n) is 3.76. The number of nitrogens with zero attached hydrogens (tertiary/aromatic N) is 2. The van der Waals surface area contributed by atoms with Crippen molar-refractivity contribution < 1.29 is 4.42 Å². The molecule has 5 heteroatoms. The SMILES string of the molecule is CCc1nnc(CSc2cc(N)ccc2C)o1. The molecule has 0 atom stereocenters. The number of benzene rings is 1. The van der Waals surface area contributed by atoms with Crippen LogP contribution in [0.3, 0.4) is 0 Å². The summed E-state index contributed by atoms with van der Waals surface area (Å²) in [5.41, 5.74) is 7.74. The summed E-state index contributed by atoms with van der Waals surface area (Å²) >= 11 is 1.66. The number of rotatable bonds is 4. The molecule has 0 aliphatic carbocycles. The summed E-state index contributed by atoms with van der Waals surface area (Å²) in [6, 6.07) is 5.89. The second kappa shape index (κ2) is 5.23. The summed E-state index contributed by atoms with van der Waals surface area (Å²) < 4.78 is 5.45. The third kappa shape index (κ3) is 3.00. The molecule has 1 heterocycles. The molecule has 2 rings (SSSR count). The standard InChI is InChI=1S/C12H15N3OS/c1-3-11-14-15-12(16-11)7-17-10-6-9(13)5-4-8(10)2/h4-6H,3,7,13H2,1-2H3. The molecule has 4 nitrogen and oxygen atoms in total. The summed E-state index contributed by atoms with van der Waals surface area (Å²) in [6.07, 6.45) is 0.773. The Morgan fingerprint density at radius 1 is 1.29 bits per heavy atom. The van der Waals surface area contributed by atoms with E-state index in [2.05, 4.69) is 17.1 Å². The van der Waals surface area contributed by atoms with E-state index >= 15 is 0 Å². The Morgan fingerprint density at radius 2 is 2.06 bits per heavy atom. The van der Waals surface area contributed by atoms with Crippen LogP contribution in [0.5, 0.6) is 0 Å². The maximum atomic E-state index is 5.76. The van der Waals surface area contributed by atoms with Crippen LogP contribution in [0.2, 0.25) is 0 Å². The molecule has 2 N–H and O–H groups in total. The summed E-state index contributed by atoms with van der Waals surface area (Å²) in [4.78, 5) is 1.15. The molecule has 0 spiro atoms. The van der Waals surface area contributed by atoms with Crippen LogP contribution in [0.25, 0.3) is 0 Å². The van der Waals surface area contributed by atoms with Gasteiger partial charge in [0.2, 0.25) is 11.8 Å². The molecule has 2 aromatic rings. The fourth-order valence-electron chi connectivity index (χ4n) is 1.40. The van der Waals surface area contributed by atoms with E-state index in [1.807, 2.05) is 25.1 Å². The largest absolute Gasteiger partial charge is 0.424 e. The zero-order valence-electron chi connectivity index (χ0n) is 9.93. The first-order valence-corrected chi connectivity index (χ1v) is 6.47. The van der Waals surface area contributed by atoms with Gasteiger partial charge in [0.1, 0.15) is 0 Å². The highest BCUT2D eigenvalue weighted by Crippen LogP contribution is 2.27. The van der Waals surface area contributed by atoms with Crippen LogP contribution in [-0.2, 0) is 12.2 Å². The van der Waals surface area contributed by atoms with Crippen LogP contribution in [0.4, 0.5) is 5.69 Å². The number of nitrogens with two attached hydrogens (primary N) is 1.